The number of piperidine rings is 1. The zero-order chi connectivity index (χ0) is 14.4. The molecule has 0 spiro atoms. The molecular weight excluding hydrogens is 282 g/mol. The van der Waals surface area contributed by atoms with Gasteiger partial charge in [-0.25, -0.2) is 4.98 Å². The highest BCUT2D eigenvalue weighted by Gasteiger charge is 2.34. The Morgan fingerprint density at radius 1 is 1.29 bits per heavy atom. The Bertz CT molecular complexity index is 651. The van der Waals surface area contributed by atoms with Gasteiger partial charge in [0.05, 0.1) is 16.1 Å². The molecule has 0 aliphatic carbocycles. The fraction of sp³-hybridized carbons (Fsp3) is 0.588. The van der Waals surface area contributed by atoms with E-state index < -0.39 is 0 Å². The zero-order valence-corrected chi connectivity index (χ0v) is 13.2. The third-order valence-corrected chi connectivity index (χ3v) is 5.46. The number of nitrogens with one attached hydrogen (secondary N) is 1. The van der Waals surface area contributed by atoms with Crippen LogP contribution < -0.4 is 5.32 Å². The van der Waals surface area contributed by atoms with Gasteiger partial charge in [0.1, 0.15) is 5.82 Å². The highest BCUT2D eigenvalue weighted by Crippen LogP contribution is 2.34. The minimum absolute atomic E-state index is 0.747. The van der Waals surface area contributed by atoms with E-state index in [4.69, 9.17) is 16.6 Å². The number of para-hydroxylation sites is 1. The smallest absolute Gasteiger partial charge is 0.110 e. The van der Waals surface area contributed by atoms with E-state index in [0.717, 1.165) is 47.0 Å². The van der Waals surface area contributed by atoms with Gasteiger partial charge >= 0.3 is 0 Å². The maximum absolute atomic E-state index is 6.38. The Morgan fingerprint density at radius 2 is 2.05 bits per heavy atom. The second-order valence-electron chi connectivity index (χ2n) is 6.56. The Hall–Kier alpha value is -1.06. The standard InChI is InChI=1S/C17H22ClN3/c1-2-21-16(20-15-5-3-4-14(18)17(15)21)10-11-8-12-6-7-13(9-11)19-12/h3-5,11-13,19H,2,6-10H2,1H3. The molecule has 4 heteroatoms. The van der Waals surface area contributed by atoms with Crippen molar-refractivity contribution in [3.63, 3.8) is 0 Å². The molecule has 2 aliphatic rings. The molecule has 1 aromatic carbocycles. The quantitative estimate of drug-likeness (QED) is 0.935. The summed E-state index contributed by atoms with van der Waals surface area (Å²) in [7, 11) is 0. The fourth-order valence-electron chi connectivity index (χ4n) is 4.29. The van der Waals surface area contributed by atoms with Gasteiger partial charge in [0, 0.05) is 25.0 Å². The average molecular weight is 304 g/mol. The molecule has 21 heavy (non-hydrogen) atoms. The second kappa shape index (κ2) is 5.29. The van der Waals surface area contributed by atoms with Gasteiger partial charge in [0.25, 0.3) is 0 Å². The molecule has 2 bridgehead atoms. The summed E-state index contributed by atoms with van der Waals surface area (Å²) in [5, 5.41) is 4.54. The monoisotopic (exact) mass is 303 g/mol. The summed E-state index contributed by atoms with van der Waals surface area (Å²) in [4.78, 5) is 4.87. The number of benzene rings is 1. The van der Waals surface area contributed by atoms with E-state index in [1.165, 1.54) is 31.5 Å². The molecule has 0 amide bonds. The van der Waals surface area contributed by atoms with Crippen molar-refractivity contribution in [1.29, 1.82) is 0 Å². The Kier molecular flexibility index (Phi) is 3.43. The largest absolute Gasteiger partial charge is 0.327 e. The lowest BCUT2D eigenvalue weighted by Crippen LogP contribution is -2.38. The van der Waals surface area contributed by atoms with Crippen LogP contribution in [-0.4, -0.2) is 21.6 Å². The Labute approximate surface area is 130 Å². The highest BCUT2D eigenvalue weighted by molar-refractivity contribution is 6.35. The van der Waals surface area contributed by atoms with E-state index in [2.05, 4.69) is 22.9 Å². The highest BCUT2D eigenvalue weighted by atomic mass is 35.5. The van der Waals surface area contributed by atoms with E-state index in [0.29, 0.717) is 0 Å². The Morgan fingerprint density at radius 3 is 2.76 bits per heavy atom. The predicted molar refractivity (Wildman–Crippen MR) is 86.8 cm³/mol. The topological polar surface area (TPSA) is 29.9 Å². The lowest BCUT2D eigenvalue weighted by atomic mass is 9.89. The van der Waals surface area contributed by atoms with Crippen LogP contribution in [0.3, 0.4) is 0 Å². The number of rotatable bonds is 3. The lowest BCUT2D eigenvalue weighted by Gasteiger charge is -2.29. The summed E-state index contributed by atoms with van der Waals surface area (Å²) < 4.78 is 2.31. The van der Waals surface area contributed by atoms with Crippen LogP contribution in [0.1, 0.15) is 38.4 Å². The van der Waals surface area contributed by atoms with Crippen LogP contribution in [-0.2, 0) is 13.0 Å². The van der Waals surface area contributed by atoms with Crippen LogP contribution in [0.4, 0.5) is 0 Å². The third-order valence-electron chi connectivity index (χ3n) is 5.15. The van der Waals surface area contributed by atoms with Gasteiger partial charge < -0.3 is 9.88 Å². The first-order valence-electron chi connectivity index (χ1n) is 8.14. The first-order chi connectivity index (χ1) is 10.2. The predicted octanol–water partition coefficient (Wildman–Crippen LogP) is 3.78. The maximum atomic E-state index is 6.38. The maximum Gasteiger partial charge on any atom is 0.110 e. The van der Waals surface area contributed by atoms with Crippen molar-refractivity contribution in [2.75, 3.05) is 0 Å². The number of hydrogen-bond acceptors (Lipinski definition) is 2. The van der Waals surface area contributed by atoms with Crippen molar-refractivity contribution in [1.82, 2.24) is 14.9 Å². The van der Waals surface area contributed by atoms with E-state index in [1.54, 1.807) is 0 Å². The summed E-state index contributed by atoms with van der Waals surface area (Å²) in [6.07, 6.45) is 6.41. The molecule has 2 aliphatic heterocycles. The third kappa shape index (κ3) is 2.36. The summed E-state index contributed by atoms with van der Waals surface area (Å²) in [6.45, 7) is 3.12. The van der Waals surface area contributed by atoms with Gasteiger partial charge in [0.15, 0.2) is 0 Å². The summed E-state index contributed by atoms with van der Waals surface area (Å²) in [5.74, 6) is 1.98. The van der Waals surface area contributed by atoms with E-state index in [9.17, 15) is 0 Å². The second-order valence-corrected chi connectivity index (χ2v) is 6.97. The molecule has 1 N–H and O–H groups in total. The fourth-order valence-corrected chi connectivity index (χ4v) is 4.56. The van der Waals surface area contributed by atoms with Crippen LogP contribution in [0.15, 0.2) is 18.2 Å². The SMILES string of the molecule is CCn1c(CC2CC3CCC(C2)N3)nc2cccc(Cl)c21. The molecule has 4 rings (SSSR count). The molecule has 2 unspecified atom stereocenters. The molecule has 2 atom stereocenters. The number of aromatic nitrogens is 2. The van der Waals surface area contributed by atoms with Gasteiger partial charge in [-0.15, -0.1) is 0 Å². The van der Waals surface area contributed by atoms with Gasteiger partial charge in [-0.2, -0.15) is 0 Å². The average Bonchev–Trinajstić information content (AvgIpc) is 2.99. The molecule has 0 radical (unpaired) electrons. The molecule has 2 fully saturated rings. The molecule has 112 valence electrons. The van der Waals surface area contributed by atoms with Crippen LogP contribution in [0.2, 0.25) is 5.02 Å². The summed E-state index contributed by atoms with van der Waals surface area (Å²) >= 11 is 6.38. The van der Waals surface area contributed by atoms with Crippen LogP contribution in [0.5, 0.6) is 0 Å². The zero-order valence-electron chi connectivity index (χ0n) is 12.5. The number of hydrogen-bond donors (Lipinski definition) is 1. The van der Waals surface area contributed by atoms with Crippen LogP contribution >= 0.6 is 11.6 Å². The van der Waals surface area contributed by atoms with Crippen molar-refractivity contribution < 1.29 is 0 Å². The molecule has 3 heterocycles. The minimum Gasteiger partial charge on any atom is -0.327 e. The molecule has 3 nitrogen and oxygen atoms in total. The number of nitrogens with zero attached hydrogens (tertiary/aromatic N) is 2. The lowest BCUT2D eigenvalue weighted by molar-refractivity contribution is 0.293. The van der Waals surface area contributed by atoms with Gasteiger partial charge in [-0.05, 0) is 50.7 Å². The van der Waals surface area contributed by atoms with E-state index in [1.807, 2.05) is 12.1 Å². The summed E-state index contributed by atoms with van der Waals surface area (Å²) in [6, 6.07) is 7.52. The molecule has 0 saturated carbocycles. The van der Waals surface area contributed by atoms with Gasteiger partial charge in [-0.1, -0.05) is 17.7 Å². The molecule has 2 saturated heterocycles. The van der Waals surface area contributed by atoms with Crippen LogP contribution in [0, 0.1) is 5.92 Å². The van der Waals surface area contributed by atoms with E-state index in [-0.39, 0.29) is 0 Å². The molecule has 1 aromatic heterocycles. The van der Waals surface area contributed by atoms with Crippen molar-refractivity contribution in [3.8, 4) is 0 Å². The first kappa shape index (κ1) is 13.6. The Balaban J connectivity index is 1.65. The van der Waals surface area contributed by atoms with Gasteiger partial charge in [-0.3, -0.25) is 0 Å². The number of halogens is 1. The van der Waals surface area contributed by atoms with Crippen LogP contribution in [0.25, 0.3) is 11.0 Å². The number of fused-ring (bicyclic) bond motifs is 3. The van der Waals surface area contributed by atoms with Crippen molar-refractivity contribution >= 4 is 22.6 Å². The first-order valence-corrected chi connectivity index (χ1v) is 8.52. The molecular formula is C17H22ClN3. The van der Waals surface area contributed by atoms with Crippen molar-refractivity contribution in [3.05, 3.63) is 29.0 Å². The number of aryl methyl sites for hydroxylation is 1. The van der Waals surface area contributed by atoms with Crippen molar-refractivity contribution in [2.24, 2.45) is 5.92 Å². The van der Waals surface area contributed by atoms with Gasteiger partial charge in [0.2, 0.25) is 0 Å². The minimum atomic E-state index is 0.747. The number of imidazole rings is 1. The molecule has 2 aromatic rings. The van der Waals surface area contributed by atoms with E-state index >= 15 is 0 Å². The van der Waals surface area contributed by atoms with Crippen molar-refractivity contribution in [2.45, 2.75) is 57.7 Å². The normalized spacial score (nSPS) is 28.4. The summed E-state index contributed by atoms with van der Waals surface area (Å²) in [5.41, 5.74) is 2.14.